The van der Waals surface area contributed by atoms with Crippen LogP contribution in [-0.4, -0.2) is 9.97 Å². The van der Waals surface area contributed by atoms with E-state index in [0.717, 1.165) is 33.4 Å². The molecule has 1 aromatic carbocycles. The normalized spacial score (nSPS) is 13.8. The van der Waals surface area contributed by atoms with Crippen molar-refractivity contribution in [2.24, 2.45) is 0 Å². The van der Waals surface area contributed by atoms with Gasteiger partial charge in [0.25, 0.3) is 0 Å². The first-order valence-electron chi connectivity index (χ1n) is 6.92. The Morgan fingerprint density at radius 1 is 1.24 bits per heavy atom. The summed E-state index contributed by atoms with van der Waals surface area (Å²) in [5.74, 6) is 0.797. The summed E-state index contributed by atoms with van der Waals surface area (Å²) in [5.41, 5.74) is 2.57. The van der Waals surface area contributed by atoms with Crippen molar-refractivity contribution in [3.63, 3.8) is 0 Å². The van der Waals surface area contributed by atoms with Gasteiger partial charge in [-0.25, -0.2) is 9.97 Å². The summed E-state index contributed by atoms with van der Waals surface area (Å²) in [6.07, 6.45) is 4.21. The molecule has 4 rings (SSSR count). The highest BCUT2D eigenvalue weighted by Gasteiger charge is 2.21. The van der Waals surface area contributed by atoms with Gasteiger partial charge >= 0.3 is 0 Å². The summed E-state index contributed by atoms with van der Waals surface area (Å²) >= 11 is 11.7. The molecular formula is C16H12BrClN2S. The van der Waals surface area contributed by atoms with Crippen LogP contribution in [-0.2, 0) is 19.3 Å². The van der Waals surface area contributed by atoms with Crippen molar-refractivity contribution < 1.29 is 0 Å². The topological polar surface area (TPSA) is 25.8 Å². The lowest BCUT2D eigenvalue weighted by Crippen LogP contribution is -1.97. The Morgan fingerprint density at radius 2 is 2.14 bits per heavy atom. The maximum absolute atomic E-state index is 6.43. The van der Waals surface area contributed by atoms with E-state index in [1.54, 1.807) is 11.3 Å². The summed E-state index contributed by atoms with van der Waals surface area (Å²) in [4.78, 5) is 11.7. The van der Waals surface area contributed by atoms with E-state index in [1.165, 1.54) is 22.4 Å². The summed E-state index contributed by atoms with van der Waals surface area (Å²) in [5, 5.41) is 1.71. The third kappa shape index (κ3) is 2.50. The van der Waals surface area contributed by atoms with E-state index < -0.39 is 0 Å². The largest absolute Gasteiger partial charge is 0.222 e. The molecule has 0 N–H and O–H groups in total. The van der Waals surface area contributed by atoms with Crippen LogP contribution < -0.4 is 0 Å². The molecule has 21 heavy (non-hydrogen) atoms. The number of rotatable bonds is 2. The van der Waals surface area contributed by atoms with Gasteiger partial charge in [0, 0.05) is 15.8 Å². The maximum Gasteiger partial charge on any atom is 0.141 e. The molecule has 0 aliphatic heterocycles. The van der Waals surface area contributed by atoms with Crippen molar-refractivity contribution in [3.8, 4) is 0 Å². The van der Waals surface area contributed by atoms with Gasteiger partial charge in [0.2, 0.25) is 0 Å². The predicted molar refractivity (Wildman–Crippen MR) is 91.4 cm³/mol. The van der Waals surface area contributed by atoms with Crippen LogP contribution in [0.15, 0.2) is 28.7 Å². The van der Waals surface area contributed by atoms with Crippen LogP contribution in [0.4, 0.5) is 0 Å². The van der Waals surface area contributed by atoms with Crippen molar-refractivity contribution in [2.45, 2.75) is 25.7 Å². The van der Waals surface area contributed by atoms with Gasteiger partial charge in [-0.3, -0.25) is 0 Å². The first kappa shape index (κ1) is 13.7. The quantitative estimate of drug-likeness (QED) is 0.573. The first-order valence-corrected chi connectivity index (χ1v) is 8.90. The molecule has 2 aromatic heterocycles. The molecule has 0 spiro atoms. The number of aromatic nitrogens is 2. The van der Waals surface area contributed by atoms with Gasteiger partial charge in [-0.05, 0) is 42.5 Å². The van der Waals surface area contributed by atoms with E-state index >= 15 is 0 Å². The van der Waals surface area contributed by atoms with Crippen LogP contribution in [0.25, 0.3) is 10.2 Å². The minimum absolute atomic E-state index is 0.615. The monoisotopic (exact) mass is 378 g/mol. The Labute approximate surface area is 140 Å². The number of fused-ring (bicyclic) bond motifs is 3. The van der Waals surface area contributed by atoms with Crippen LogP contribution in [0.1, 0.15) is 28.2 Å². The van der Waals surface area contributed by atoms with Crippen molar-refractivity contribution in [1.82, 2.24) is 9.97 Å². The minimum Gasteiger partial charge on any atom is -0.222 e. The molecule has 0 fully saturated rings. The second-order valence-electron chi connectivity index (χ2n) is 5.27. The van der Waals surface area contributed by atoms with E-state index in [2.05, 4.69) is 33.0 Å². The van der Waals surface area contributed by atoms with E-state index in [-0.39, 0.29) is 0 Å². The Hall–Kier alpha value is -0.970. The van der Waals surface area contributed by atoms with Crippen LogP contribution in [0.2, 0.25) is 5.15 Å². The fourth-order valence-electron chi connectivity index (χ4n) is 2.90. The Morgan fingerprint density at radius 3 is 3.00 bits per heavy atom. The third-order valence-corrected chi connectivity index (χ3v) is 5.77. The van der Waals surface area contributed by atoms with E-state index in [9.17, 15) is 0 Å². The molecule has 2 nitrogen and oxygen atoms in total. The Kier molecular flexibility index (Phi) is 3.48. The van der Waals surface area contributed by atoms with Gasteiger partial charge in [-0.15, -0.1) is 11.3 Å². The lowest BCUT2D eigenvalue weighted by atomic mass is 10.1. The van der Waals surface area contributed by atoms with E-state index in [1.807, 2.05) is 12.1 Å². The van der Waals surface area contributed by atoms with Crippen LogP contribution in [0.5, 0.6) is 0 Å². The van der Waals surface area contributed by atoms with Crippen LogP contribution in [0, 0.1) is 0 Å². The number of hydrogen-bond acceptors (Lipinski definition) is 3. The molecule has 1 aliphatic rings. The smallest absolute Gasteiger partial charge is 0.141 e. The van der Waals surface area contributed by atoms with Gasteiger partial charge in [0.05, 0.1) is 5.39 Å². The lowest BCUT2D eigenvalue weighted by molar-refractivity contribution is 0.916. The molecule has 0 amide bonds. The zero-order valence-electron chi connectivity index (χ0n) is 11.2. The van der Waals surface area contributed by atoms with E-state index in [4.69, 9.17) is 16.6 Å². The fraction of sp³-hybridized carbons (Fsp3) is 0.250. The van der Waals surface area contributed by atoms with Crippen molar-refractivity contribution in [1.29, 1.82) is 0 Å². The van der Waals surface area contributed by atoms with Crippen LogP contribution >= 0.6 is 38.9 Å². The molecule has 1 aliphatic carbocycles. The van der Waals surface area contributed by atoms with Gasteiger partial charge < -0.3 is 0 Å². The number of aryl methyl sites for hydroxylation is 2. The lowest BCUT2D eigenvalue weighted by Gasteiger charge is -2.04. The molecule has 106 valence electrons. The first-order chi connectivity index (χ1) is 10.2. The second-order valence-corrected chi connectivity index (χ2v) is 7.63. The zero-order valence-corrected chi connectivity index (χ0v) is 14.4. The summed E-state index contributed by atoms with van der Waals surface area (Å²) in [7, 11) is 0. The summed E-state index contributed by atoms with van der Waals surface area (Å²) < 4.78 is 1.07. The molecule has 0 atom stereocenters. The molecule has 0 saturated carbocycles. The van der Waals surface area contributed by atoms with Gasteiger partial charge in [0.1, 0.15) is 15.8 Å². The predicted octanol–water partition coefficient (Wildman–Crippen LogP) is 5.19. The number of benzene rings is 1. The fourth-order valence-corrected chi connectivity index (χ4v) is 4.99. The van der Waals surface area contributed by atoms with Gasteiger partial charge in [-0.1, -0.05) is 39.7 Å². The molecule has 5 heteroatoms. The number of thiophene rings is 1. The second kappa shape index (κ2) is 5.34. The highest BCUT2D eigenvalue weighted by molar-refractivity contribution is 9.10. The average Bonchev–Trinajstić information content (AvgIpc) is 2.98. The molecule has 3 aromatic rings. The molecular weight excluding hydrogens is 368 g/mol. The molecule has 0 saturated heterocycles. The van der Waals surface area contributed by atoms with Gasteiger partial charge in [0.15, 0.2) is 0 Å². The van der Waals surface area contributed by atoms with E-state index in [0.29, 0.717) is 11.6 Å². The third-order valence-electron chi connectivity index (χ3n) is 3.82. The molecule has 0 radical (unpaired) electrons. The average molecular weight is 380 g/mol. The Balaban J connectivity index is 1.77. The summed E-state index contributed by atoms with van der Waals surface area (Å²) in [6.45, 7) is 0. The highest BCUT2D eigenvalue weighted by atomic mass is 79.9. The summed E-state index contributed by atoms with van der Waals surface area (Å²) in [6, 6.07) is 8.22. The number of hydrogen-bond donors (Lipinski definition) is 0. The molecule has 0 unspecified atom stereocenters. The number of halogens is 2. The van der Waals surface area contributed by atoms with Crippen LogP contribution in [0.3, 0.4) is 0 Å². The SMILES string of the molecule is Clc1nc(Cc2cccc(Br)c2)nc2sc3c(c12)CCC3. The highest BCUT2D eigenvalue weighted by Crippen LogP contribution is 2.39. The van der Waals surface area contributed by atoms with Crippen molar-refractivity contribution >= 4 is 49.1 Å². The molecule has 2 heterocycles. The minimum atomic E-state index is 0.615. The van der Waals surface area contributed by atoms with Crippen molar-refractivity contribution in [2.75, 3.05) is 0 Å². The maximum atomic E-state index is 6.43. The number of nitrogens with zero attached hydrogens (tertiary/aromatic N) is 2. The van der Waals surface area contributed by atoms with Gasteiger partial charge in [-0.2, -0.15) is 0 Å². The van der Waals surface area contributed by atoms with Crippen molar-refractivity contribution in [3.05, 3.63) is 55.7 Å². The molecule has 0 bridgehead atoms. The standard InChI is InChI=1S/C16H12BrClN2S/c17-10-4-1-3-9(7-10)8-13-19-15(18)14-11-5-2-6-12(11)21-16(14)20-13/h1,3-4,7H,2,5-6,8H2. The zero-order chi connectivity index (χ0) is 14.4. The Bertz CT molecular complexity index is 844.